The van der Waals surface area contributed by atoms with Gasteiger partial charge in [-0.3, -0.25) is 4.79 Å². The Balaban J connectivity index is 2.21. The summed E-state index contributed by atoms with van der Waals surface area (Å²) in [6.07, 6.45) is 1.70. The van der Waals surface area contributed by atoms with Crippen molar-refractivity contribution in [2.75, 3.05) is 0 Å². The molecule has 2 aliphatic rings. The van der Waals surface area contributed by atoms with E-state index in [2.05, 4.69) is 20.8 Å². The second kappa shape index (κ2) is 4.33. The van der Waals surface area contributed by atoms with E-state index in [9.17, 15) is 15.0 Å². The predicted octanol–water partition coefficient (Wildman–Crippen LogP) is 3.34. The number of rotatable bonds is 0. The lowest BCUT2D eigenvalue weighted by Gasteiger charge is -2.55. The monoisotopic (exact) mass is 288 g/mol. The molecule has 2 aliphatic carbocycles. The van der Waals surface area contributed by atoms with Gasteiger partial charge in [-0.1, -0.05) is 20.8 Å². The Hall–Kier alpha value is -1.35. The van der Waals surface area contributed by atoms with E-state index in [1.165, 1.54) is 0 Å². The van der Waals surface area contributed by atoms with Gasteiger partial charge in [0.25, 0.3) is 0 Å². The Morgan fingerprint density at radius 3 is 2.57 bits per heavy atom. The zero-order valence-electron chi connectivity index (χ0n) is 13.2. The minimum Gasteiger partial charge on any atom is -0.508 e. The van der Waals surface area contributed by atoms with Crippen molar-refractivity contribution >= 4 is 5.78 Å². The summed E-state index contributed by atoms with van der Waals surface area (Å²) >= 11 is 0. The van der Waals surface area contributed by atoms with Crippen LogP contribution in [-0.2, 0) is 5.41 Å². The smallest absolute Gasteiger partial charge is 0.163 e. The highest BCUT2D eigenvalue weighted by molar-refractivity contribution is 6.00. The number of ketones is 1. The fraction of sp³-hybridized carbons (Fsp3) is 0.611. The highest BCUT2D eigenvalue weighted by atomic mass is 16.3. The molecule has 3 heteroatoms. The van der Waals surface area contributed by atoms with Crippen molar-refractivity contribution in [3.05, 3.63) is 28.8 Å². The molecule has 0 bridgehead atoms. The fourth-order valence-corrected chi connectivity index (χ4v) is 4.54. The molecule has 0 spiro atoms. The Morgan fingerprint density at radius 1 is 1.24 bits per heavy atom. The van der Waals surface area contributed by atoms with Crippen molar-refractivity contribution < 1.29 is 15.0 Å². The van der Waals surface area contributed by atoms with Gasteiger partial charge >= 0.3 is 0 Å². The van der Waals surface area contributed by atoms with Crippen LogP contribution in [0.2, 0.25) is 0 Å². The first-order valence-corrected chi connectivity index (χ1v) is 7.73. The lowest BCUT2D eigenvalue weighted by Crippen LogP contribution is -2.54. The Bertz CT molecular complexity index is 617. The normalized spacial score (nSPS) is 34.2. The molecule has 2 N–H and O–H groups in total. The van der Waals surface area contributed by atoms with Gasteiger partial charge in [-0.25, -0.2) is 0 Å². The molecular weight excluding hydrogens is 264 g/mol. The van der Waals surface area contributed by atoms with E-state index < -0.39 is 0 Å². The van der Waals surface area contributed by atoms with E-state index >= 15 is 0 Å². The third-order valence-electron chi connectivity index (χ3n) is 6.10. The standard InChI is InChI=1S/C18H24O3/c1-10-7-11-12(8-13(10)19)18(4)6-5-16(21)17(2,3)15(18)9-14(11)20/h7-8,15-16,19,21H,5-6,9H2,1-4H3/t15?,16-,18-/m1/s1. The Kier molecular flexibility index (Phi) is 3.00. The van der Waals surface area contributed by atoms with Gasteiger partial charge in [0.05, 0.1) is 6.10 Å². The van der Waals surface area contributed by atoms with E-state index in [0.29, 0.717) is 6.42 Å². The van der Waals surface area contributed by atoms with Crippen LogP contribution in [0.15, 0.2) is 12.1 Å². The number of phenols is 1. The highest BCUT2D eigenvalue weighted by Gasteiger charge is 2.55. The first-order valence-electron chi connectivity index (χ1n) is 7.73. The highest BCUT2D eigenvalue weighted by Crippen LogP contribution is 2.57. The molecule has 3 nitrogen and oxygen atoms in total. The van der Waals surface area contributed by atoms with Crippen molar-refractivity contribution in [3.8, 4) is 5.75 Å². The summed E-state index contributed by atoms with van der Waals surface area (Å²) in [5.74, 6) is 0.501. The third kappa shape index (κ3) is 1.87. The first kappa shape index (κ1) is 14.6. The van der Waals surface area contributed by atoms with E-state index in [4.69, 9.17) is 0 Å². The van der Waals surface area contributed by atoms with Gasteiger partial charge in [-0.15, -0.1) is 0 Å². The van der Waals surface area contributed by atoms with Crippen molar-refractivity contribution in [2.45, 2.75) is 58.5 Å². The number of hydrogen-bond acceptors (Lipinski definition) is 3. The molecule has 1 aromatic carbocycles. The molecule has 1 fully saturated rings. The topological polar surface area (TPSA) is 57.5 Å². The zero-order valence-corrected chi connectivity index (χ0v) is 13.2. The van der Waals surface area contributed by atoms with Crippen LogP contribution < -0.4 is 0 Å². The largest absolute Gasteiger partial charge is 0.508 e. The molecule has 114 valence electrons. The summed E-state index contributed by atoms with van der Waals surface area (Å²) in [5, 5.41) is 20.5. The maximum Gasteiger partial charge on any atom is 0.163 e. The maximum atomic E-state index is 12.6. The van der Waals surface area contributed by atoms with Gasteiger partial charge in [0, 0.05) is 12.0 Å². The molecule has 0 saturated heterocycles. The minimum absolute atomic E-state index is 0.107. The fourth-order valence-electron chi connectivity index (χ4n) is 4.54. The predicted molar refractivity (Wildman–Crippen MR) is 81.7 cm³/mol. The van der Waals surface area contributed by atoms with Crippen molar-refractivity contribution in [3.63, 3.8) is 0 Å². The summed E-state index contributed by atoms with van der Waals surface area (Å²) in [7, 11) is 0. The van der Waals surface area contributed by atoms with Gasteiger partial charge in [0.1, 0.15) is 5.75 Å². The lowest BCUT2D eigenvalue weighted by molar-refractivity contribution is -0.0687. The number of aryl methyl sites for hydroxylation is 1. The molecule has 0 amide bonds. The second-order valence-corrected chi connectivity index (χ2v) is 7.66. The molecule has 0 aromatic heterocycles. The minimum atomic E-state index is -0.371. The van der Waals surface area contributed by atoms with Gasteiger partial charge in [-0.05, 0) is 59.8 Å². The number of aromatic hydroxyl groups is 1. The van der Waals surface area contributed by atoms with Gasteiger partial charge < -0.3 is 10.2 Å². The maximum absolute atomic E-state index is 12.6. The third-order valence-corrected chi connectivity index (χ3v) is 6.10. The zero-order chi connectivity index (χ0) is 15.6. The number of Topliss-reactive ketones (excluding diaryl/α,β-unsaturated/α-hetero) is 1. The number of hydrogen-bond donors (Lipinski definition) is 2. The van der Waals surface area contributed by atoms with Crippen LogP contribution in [0, 0.1) is 18.3 Å². The number of benzene rings is 1. The number of aliphatic hydroxyl groups excluding tert-OH is 1. The van der Waals surface area contributed by atoms with E-state index in [1.807, 2.05) is 13.0 Å². The van der Waals surface area contributed by atoms with Crippen LogP contribution in [0.4, 0.5) is 0 Å². The van der Waals surface area contributed by atoms with Crippen LogP contribution in [0.5, 0.6) is 5.75 Å². The summed E-state index contributed by atoms with van der Waals surface area (Å²) in [6, 6.07) is 3.61. The Labute approximate surface area is 126 Å². The molecule has 21 heavy (non-hydrogen) atoms. The molecular formula is C18H24O3. The summed E-state index contributed by atoms with van der Waals surface area (Å²) < 4.78 is 0. The van der Waals surface area contributed by atoms with Gasteiger partial charge in [0.2, 0.25) is 0 Å². The van der Waals surface area contributed by atoms with Crippen LogP contribution in [0.1, 0.15) is 61.5 Å². The molecule has 3 rings (SSSR count). The van der Waals surface area contributed by atoms with E-state index in [-0.39, 0.29) is 34.4 Å². The van der Waals surface area contributed by atoms with Crippen LogP contribution in [-0.4, -0.2) is 22.1 Å². The molecule has 1 aromatic rings. The van der Waals surface area contributed by atoms with Gasteiger partial charge in [0.15, 0.2) is 5.78 Å². The van der Waals surface area contributed by atoms with E-state index in [1.54, 1.807) is 6.07 Å². The number of carbonyl (C=O) groups is 1. The van der Waals surface area contributed by atoms with Crippen LogP contribution in [0.3, 0.4) is 0 Å². The van der Waals surface area contributed by atoms with Crippen molar-refractivity contribution in [1.29, 1.82) is 0 Å². The number of aliphatic hydroxyl groups is 1. The number of carbonyl (C=O) groups excluding carboxylic acids is 1. The summed E-state index contributed by atoms with van der Waals surface area (Å²) in [5.41, 5.74) is 2.03. The average Bonchev–Trinajstić information content (AvgIpc) is 2.41. The first-order chi connectivity index (χ1) is 9.68. The Morgan fingerprint density at radius 2 is 1.90 bits per heavy atom. The van der Waals surface area contributed by atoms with Crippen molar-refractivity contribution in [1.82, 2.24) is 0 Å². The van der Waals surface area contributed by atoms with Crippen LogP contribution in [0.25, 0.3) is 0 Å². The molecule has 3 atom stereocenters. The molecule has 0 aliphatic heterocycles. The second-order valence-electron chi connectivity index (χ2n) is 7.66. The molecule has 0 radical (unpaired) electrons. The SMILES string of the molecule is Cc1cc2c(cc1O)[C@@]1(C)CC[C@@H](O)C(C)(C)C1CC2=O. The quantitative estimate of drug-likeness (QED) is 0.769. The van der Waals surface area contributed by atoms with E-state index in [0.717, 1.165) is 29.5 Å². The molecule has 0 heterocycles. The lowest BCUT2D eigenvalue weighted by atomic mass is 9.49. The molecule has 1 unspecified atom stereocenters. The average molecular weight is 288 g/mol. The van der Waals surface area contributed by atoms with Crippen molar-refractivity contribution in [2.24, 2.45) is 11.3 Å². The van der Waals surface area contributed by atoms with Gasteiger partial charge in [-0.2, -0.15) is 0 Å². The molecule has 1 saturated carbocycles. The van der Waals surface area contributed by atoms with Crippen LogP contribution >= 0.6 is 0 Å². The summed E-state index contributed by atoms with van der Waals surface area (Å²) in [6.45, 7) is 8.13. The number of phenolic OH excluding ortho intramolecular Hbond substituents is 1. The number of fused-ring (bicyclic) bond motifs is 3. The summed E-state index contributed by atoms with van der Waals surface area (Å²) in [4.78, 5) is 12.6.